The topological polar surface area (TPSA) is 32.3 Å². The summed E-state index contributed by atoms with van der Waals surface area (Å²) in [5, 5.41) is 4.10. The molecule has 0 radical (unpaired) electrons. The van der Waals surface area contributed by atoms with Crippen molar-refractivity contribution in [2.75, 3.05) is 18.8 Å². The minimum Gasteiger partial charge on any atom is -0.353 e. The van der Waals surface area contributed by atoms with Crippen LogP contribution >= 0.6 is 21.6 Å². The number of benzene rings is 1. The molecule has 0 spiro atoms. The van der Waals surface area contributed by atoms with Crippen molar-refractivity contribution in [2.45, 2.75) is 69.7 Å². The van der Waals surface area contributed by atoms with Crippen LogP contribution in [0.4, 0.5) is 0 Å². The van der Waals surface area contributed by atoms with E-state index < -0.39 is 0 Å². The van der Waals surface area contributed by atoms with Crippen molar-refractivity contribution in [3.8, 4) is 0 Å². The van der Waals surface area contributed by atoms with Gasteiger partial charge in [0.2, 0.25) is 5.91 Å². The molecule has 0 aromatic heterocycles. The van der Waals surface area contributed by atoms with Crippen LogP contribution in [0.3, 0.4) is 0 Å². The van der Waals surface area contributed by atoms with Crippen LogP contribution in [0.25, 0.3) is 0 Å². The van der Waals surface area contributed by atoms with Gasteiger partial charge in [0.25, 0.3) is 0 Å². The first kappa shape index (κ1) is 20.1. The van der Waals surface area contributed by atoms with Crippen molar-refractivity contribution in [1.29, 1.82) is 0 Å². The summed E-state index contributed by atoms with van der Waals surface area (Å²) in [6, 6.07) is 9.15. The highest BCUT2D eigenvalue weighted by atomic mass is 33.1. The predicted octanol–water partition coefficient (Wildman–Crippen LogP) is 4.79. The van der Waals surface area contributed by atoms with Crippen LogP contribution in [0.2, 0.25) is 0 Å². The number of piperidine rings is 1. The van der Waals surface area contributed by atoms with Crippen LogP contribution in [-0.2, 0) is 11.3 Å². The van der Waals surface area contributed by atoms with Gasteiger partial charge < -0.3 is 5.32 Å². The molecular formula is C21H32N2OS2. The van der Waals surface area contributed by atoms with E-state index in [0.29, 0.717) is 12.5 Å². The number of carbonyl (C=O) groups excluding carboxylic acids is 1. The van der Waals surface area contributed by atoms with Crippen LogP contribution in [-0.4, -0.2) is 40.9 Å². The number of aryl methyl sites for hydroxylation is 1. The lowest BCUT2D eigenvalue weighted by Gasteiger charge is -2.32. The monoisotopic (exact) mass is 392 g/mol. The van der Waals surface area contributed by atoms with E-state index in [4.69, 9.17) is 0 Å². The Kier molecular flexibility index (Phi) is 8.21. The molecule has 2 heterocycles. The van der Waals surface area contributed by atoms with Gasteiger partial charge in [0.05, 0.1) is 0 Å². The number of likely N-dealkylation sites (tertiary alicyclic amines) is 1. The average Bonchev–Trinajstić information content (AvgIpc) is 3.14. The van der Waals surface area contributed by atoms with E-state index in [2.05, 4.69) is 41.4 Å². The number of hydrogen-bond donors (Lipinski definition) is 1. The highest BCUT2D eigenvalue weighted by Gasteiger charge is 2.21. The van der Waals surface area contributed by atoms with Crippen molar-refractivity contribution < 1.29 is 4.79 Å². The Balaban J connectivity index is 1.27. The third kappa shape index (κ3) is 6.82. The molecule has 1 N–H and O–H groups in total. The summed E-state index contributed by atoms with van der Waals surface area (Å²) in [7, 11) is 4.05. The summed E-state index contributed by atoms with van der Waals surface area (Å²) in [5.74, 6) is 1.56. The van der Waals surface area contributed by atoms with Crippen molar-refractivity contribution >= 4 is 27.5 Å². The maximum atomic E-state index is 12.2. The fourth-order valence-corrected chi connectivity index (χ4v) is 6.85. The largest absolute Gasteiger partial charge is 0.353 e. The average molecular weight is 393 g/mol. The summed E-state index contributed by atoms with van der Waals surface area (Å²) in [5.41, 5.74) is 2.72. The molecule has 2 saturated heterocycles. The van der Waals surface area contributed by atoms with Gasteiger partial charge in [-0.15, -0.1) is 0 Å². The molecule has 1 unspecified atom stereocenters. The molecule has 3 rings (SSSR count). The molecular weight excluding hydrogens is 360 g/mol. The Labute approximate surface area is 166 Å². The van der Waals surface area contributed by atoms with Gasteiger partial charge in [0, 0.05) is 43.1 Å². The lowest BCUT2D eigenvalue weighted by molar-refractivity contribution is -0.122. The van der Waals surface area contributed by atoms with Crippen LogP contribution in [0.15, 0.2) is 24.3 Å². The molecule has 2 fully saturated rings. The lowest BCUT2D eigenvalue weighted by Crippen LogP contribution is -2.44. The molecule has 0 aliphatic carbocycles. The number of hydrogen-bond acceptors (Lipinski definition) is 4. The van der Waals surface area contributed by atoms with Crippen LogP contribution in [0.5, 0.6) is 0 Å². The number of carbonyl (C=O) groups is 1. The van der Waals surface area contributed by atoms with Gasteiger partial charge in [-0.3, -0.25) is 9.69 Å². The number of amides is 1. The van der Waals surface area contributed by atoms with Crippen LogP contribution in [0, 0.1) is 6.92 Å². The van der Waals surface area contributed by atoms with E-state index in [1.807, 2.05) is 21.6 Å². The van der Waals surface area contributed by atoms with Gasteiger partial charge in [-0.2, -0.15) is 0 Å². The highest BCUT2D eigenvalue weighted by molar-refractivity contribution is 8.77. The molecule has 0 bridgehead atoms. The standard InChI is InChI=1S/C21H32N2OS2/c1-17-5-4-6-18(15-17)16-23-12-9-19(10-13-23)22-21(24)8-3-2-7-20-11-14-25-26-20/h4-6,15,19-20H,2-3,7-14,16H2,1H3,(H,22,24). The maximum Gasteiger partial charge on any atom is 0.220 e. The summed E-state index contributed by atoms with van der Waals surface area (Å²) < 4.78 is 0. The smallest absolute Gasteiger partial charge is 0.220 e. The van der Waals surface area contributed by atoms with E-state index in [-0.39, 0.29) is 5.91 Å². The molecule has 1 aromatic rings. The molecule has 1 aromatic carbocycles. The number of rotatable bonds is 8. The molecule has 5 heteroatoms. The minimum absolute atomic E-state index is 0.260. The molecule has 2 aliphatic heterocycles. The molecule has 1 amide bonds. The second-order valence-corrected chi connectivity index (χ2v) is 10.5. The third-order valence-corrected chi connectivity index (χ3v) is 8.36. The van der Waals surface area contributed by atoms with Gasteiger partial charge in [-0.25, -0.2) is 0 Å². The predicted molar refractivity (Wildman–Crippen MR) is 115 cm³/mol. The van der Waals surface area contributed by atoms with Gasteiger partial charge in [-0.05, 0) is 44.6 Å². The van der Waals surface area contributed by atoms with Gasteiger partial charge in [0.1, 0.15) is 0 Å². The van der Waals surface area contributed by atoms with Gasteiger partial charge >= 0.3 is 0 Å². The quantitative estimate of drug-likeness (QED) is 0.509. The van der Waals surface area contributed by atoms with E-state index in [1.54, 1.807) is 0 Å². The van der Waals surface area contributed by atoms with Crippen molar-refractivity contribution in [3.63, 3.8) is 0 Å². The van der Waals surface area contributed by atoms with E-state index in [1.165, 1.54) is 36.1 Å². The molecule has 1 atom stereocenters. The SMILES string of the molecule is Cc1cccc(CN2CCC(NC(=O)CCCCC3CCSS3)CC2)c1. The van der Waals surface area contributed by atoms with Crippen LogP contribution < -0.4 is 5.32 Å². The van der Waals surface area contributed by atoms with Crippen molar-refractivity contribution in [3.05, 3.63) is 35.4 Å². The Morgan fingerprint density at radius 2 is 2.08 bits per heavy atom. The van der Waals surface area contributed by atoms with Crippen molar-refractivity contribution in [1.82, 2.24) is 10.2 Å². The van der Waals surface area contributed by atoms with E-state index >= 15 is 0 Å². The first-order valence-corrected chi connectivity index (χ1v) is 12.4. The Hall–Kier alpha value is -0.650. The van der Waals surface area contributed by atoms with Gasteiger partial charge in [0.15, 0.2) is 0 Å². The van der Waals surface area contributed by atoms with Crippen LogP contribution in [0.1, 0.15) is 56.1 Å². The fraction of sp³-hybridized carbons (Fsp3) is 0.667. The Bertz CT molecular complexity index is 567. The summed E-state index contributed by atoms with van der Waals surface area (Å²) in [6.45, 7) is 5.33. The zero-order valence-corrected chi connectivity index (χ0v) is 17.5. The molecule has 2 aliphatic rings. The fourth-order valence-electron chi connectivity index (χ4n) is 3.83. The Morgan fingerprint density at radius 3 is 2.81 bits per heavy atom. The van der Waals surface area contributed by atoms with E-state index in [9.17, 15) is 4.79 Å². The van der Waals surface area contributed by atoms with Crippen molar-refractivity contribution in [2.24, 2.45) is 0 Å². The Morgan fingerprint density at radius 1 is 1.23 bits per heavy atom. The summed E-state index contributed by atoms with van der Waals surface area (Å²) in [6.07, 6.45) is 7.72. The second-order valence-electron chi connectivity index (χ2n) is 7.68. The molecule has 0 saturated carbocycles. The zero-order chi connectivity index (χ0) is 18.2. The minimum atomic E-state index is 0.260. The van der Waals surface area contributed by atoms with E-state index in [0.717, 1.165) is 44.1 Å². The highest BCUT2D eigenvalue weighted by Crippen LogP contribution is 2.39. The first-order valence-electron chi connectivity index (χ1n) is 10.0. The normalized spacial score (nSPS) is 21.8. The summed E-state index contributed by atoms with van der Waals surface area (Å²) >= 11 is 0. The first-order chi connectivity index (χ1) is 12.7. The third-order valence-electron chi connectivity index (χ3n) is 5.35. The number of nitrogens with zero attached hydrogens (tertiary/aromatic N) is 1. The molecule has 26 heavy (non-hydrogen) atoms. The number of unbranched alkanes of at least 4 members (excludes halogenated alkanes) is 1. The summed E-state index contributed by atoms with van der Waals surface area (Å²) in [4.78, 5) is 14.7. The molecule has 3 nitrogen and oxygen atoms in total. The maximum absolute atomic E-state index is 12.2. The molecule has 144 valence electrons. The second kappa shape index (κ2) is 10.6. The van der Waals surface area contributed by atoms with Gasteiger partial charge in [-0.1, -0.05) is 57.8 Å². The lowest BCUT2D eigenvalue weighted by atomic mass is 10.0. The number of nitrogens with one attached hydrogen (secondary N) is 1. The zero-order valence-electron chi connectivity index (χ0n) is 15.9.